The van der Waals surface area contributed by atoms with E-state index in [2.05, 4.69) is 17.3 Å². The van der Waals surface area contributed by atoms with Gasteiger partial charge in [0, 0.05) is 6.04 Å². The Morgan fingerprint density at radius 3 is 2.79 bits per heavy atom. The Bertz CT molecular complexity index is 465. The van der Waals surface area contributed by atoms with Crippen molar-refractivity contribution in [2.75, 3.05) is 18.2 Å². The molecule has 0 aliphatic heterocycles. The van der Waals surface area contributed by atoms with Gasteiger partial charge in [0.05, 0.1) is 13.2 Å². The minimum atomic E-state index is -0.436. The normalized spacial score (nSPS) is 16.8. The number of hydrogen-bond donors (Lipinski definition) is 2. The van der Waals surface area contributed by atoms with Gasteiger partial charge in [-0.1, -0.05) is 6.92 Å². The second kappa shape index (κ2) is 5.50. The molecule has 0 aromatic carbocycles. The molecule has 1 aliphatic rings. The lowest BCUT2D eigenvalue weighted by molar-refractivity contribution is 0.0603. The van der Waals surface area contributed by atoms with Gasteiger partial charge in [0.15, 0.2) is 5.82 Å². The van der Waals surface area contributed by atoms with E-state index in [9.17, 15) is 4.79 Å². The van der Waals surface area contributed by atoms with E-state index < -0.39 is 5.97 Å². The third kappa shape index (κ3) is 2.52. The van der Waals surface area contributed by atoms with Crippen LogP contribution in [0.5, 0.6) is 0 Å². The van der Waals surface area contributed by atoms with Gasteiger partial charge in [0.25, 0.3) is 0 Å². The Kier molecular flexibility index (Phi) is 3.97. The highest BCUT2D eigenvalue weighted by Gasteiger charge is 2.27. The van der Waals surface area contributed by atoms with E-state index in [4.69, 9.17) is 10.5 Å². The first-order chi connectivity index (χ1) is 9.08. The molecule has 106 valence electrons. The number of methoxy groups -OCH3 is 1. The first-order valence-electron chi connectivity index (χ1n) is 6.81. The van der Waals surface area contributed by atoms with Gasteiger partial charge < -0.3 is 15.8 Å². The second-order valence-corrected chi connectivity index (χ2v) is 5.07. The zero-order valence-corrected chi connectivity index (χ0v) is 11.8. The summed E-state index contributed by atoms with van der Waals surface area (Å²) in [6.45, 7) is 4.08. The number of ether oxygens (including phenoxy) is 1. The summed E-state index contributed by atoms with van der Waals surface area (Å²) < 4.78 is 6.51. The van der Waals surface area contributed by atoms with Gasteiger partial charge in [0.1, 0.15) is 11.4 Å². The SMILES string of the molecule is CCC(C)n1nc(NC2CCC2)c(C(=O)OC)c1N. The highest BCUT2D eigenvalue weighted by Crippen LogP contribution is 2.30. The molecule has 1 fully saturated rings. The predicted molar refractivity (Wildman–Crippen MR) is 74.2 cm³/mol. The van der Waals surface area contributed by atoms with Crippen LogP contribution in [0, 0.1) is 0 Å². The fourth-order valence-corrected chi connectivity index (χ4v) is 2.11. The number of esters is 1. The minimum absolute atomic E-state index is 0.153. The van der Waals surface area contributed by atoms with Crippen molar-refractivity contribution in [2.45, 2.75) is 51.6 Å². The molecule has 0 spiro atoms. The zero-order chi connectivity index (χ0) is 14.0. The van der Waals surface area contributed by atoms with Crippen LogP contribution in [0.15, 0.2) is 0 Å². The van der Waals surface area contributed by atoms with E-state index in [0.29, 0.717) is 23.2 Å². The van der Waals surface area contributed by atoms with Crippen molar-refractivity contribution in [3.8, 4) is 0 Å². The molecule has 2 rings (SSSR count). The number of carbonyl (C=O) groups excluding carboxylic acids is 1. The third-order valence-electron chi connectivity index (χ3n) is 3.79. The number of nitrogens with zero attached hydrogens (tertiary/aromatic N) is 2. The largest absolute Gasteiger partial charge is 0.465 e. The van der Waals surface area contributed by atoms with Crippen molar-refractivity contribution < 1.29 is 9.53 Å². The molecule has 0 amide bonds. The Labute approximate surface area is 113 Å². The van der Waals surface area contributed by atoms with E-state index >= 15 is 0 Å². The van der Waals surface area contributed by atoms with Gasteiger partial charge in [-0.05, 0) is 32.6 Å². The van der Waals surface area contributed by atoms with E-state index in [1.165, 1.54) is 13.5 Å². The lowest BCUT2D eigenvalue weighted by Gasteiger charge is -2.26. The van der Waals surface area contributed by atoms with Gasteiger partial charge in [-0.15, -0.1) is 0 Å². The predicted octanol–water partition coefficient (Wildman–Crippen LogP) is 2.19. The molecule has 1 unspecified atom stereocenters. The second-order valence-electron chi connectivity index (χ2n) is 5.07. The fraction of sp³-hybridized carbons (Fsp3) is 0.692. The molecule has 1 aromatic rings. The molecular weight excluding hydrogens is 244 g/mol. The maximum absolute atomic E-state index is 11.9. The molecule has 0 bridgehead atoms. The Hall–Kier alpha value is -1.72. The van der Waals surface area contributed by atoms with Crippen molar-refractivity contribution in [1.29, 1.82) is 0 Å². The lowest BCUT2D eigenvalue weighted by atomic mass is 9.93. The molecule has 1 aliphatic carbocycles. The summed E-state index contributed by atoms with van der Waals surface area (Å²) in [6, 6.07) is 0.545. The van der Waals surface area contributed by atoms with E-state index in [0.717, 1.165) is 19.3 Å². The number of nitrogens with two attached hydrogens (primary N) is 1. The molecule has 3 N–H and O–H groups in total. The highest BCUT2D eigenvalue weighted by atomic mass is 16.5. The molecule has 6 nitrogen and oxygen atoms in total. The minimum Gasteiger partial charge on any atom is -0.465 e. The van der Waals surface area contributed by atoms with Gasteiger partial charge in [0.2, 0.25) is 0 Å². The summed E-state index contributed by atoms with van der Waals surface area (Å²) in [4.78, 5) is 11.9. The van der Waals surface area contributed by atoms with E-state index in [-0.39, 0.29) is 6.04 Å². The van der Waals surface area contributed by atoms with Gasteiger partial charge >= 0.3 is 5.97 Å². The number of nitrogen functional groups attached to an aromatic ring is 1. The van der Waals surface area contributed by atoms with E-state index in [1.54, 1.807) is 4.68 Å². The molecule has 6 heteroatoms. The average molecular weight is 266 g/mol. The van der Waals surface area contributed by atoms with Gasteiger partial charge in [-0.3, -0.25) is 0 Å². The quantitative estimate of drug-likeness (QED) is 0.798. The molecule has 19 heavy (non-hydrogen) atoms. The lowest BCUT2D eigenvalue weighted by Crippen LogP contribution is -2.28. The summed E-state index contributed by atoms with van der Waals surface area (Å²) in [5.41, 5.74) is 6.41. The first-order valence-corrected chi connectivity index (χ1v) is 6.81. The number of anilines is 2. The van der Waals surface area contributed by atoms with Crippen molar-refractivity contribution in [1.82, 2.24) is 9.78 Å². The summed E-state index contributed by atoms with van der Waals surface area (Å²) >= 11 is 0. The van der Waals surface area contributed by atoms with Crippen LogP contribution in [0.1, 0.15) is 55.9 Å². The van der Waals surface area contributed by atoms with Crippen LogP contribution in [0.25, 0.3) is 0 Å². The number of hydrogen-bond acceptors (Lipinski definition) is 5. The molecule has 1 saturated carbocycles. The van der Waals surface area contributed by atoms with Crippen LogP contribution >= 0.6 is 0 Å². The van der Waals surface area contributed by atoms with Crippen LogP contribution in [-0.2, 0) is 4.74 Å². The van der Waals surface area contributed by atoms with Crippen molar-refractivity contribution in [3.05, 3.63) is 5.56 Å². The zero-order valence-electron chi connectivity index (χ0n) is 11.8. The van der Waals surface area contributed by atoms with Gasteiger partial charge in [-0.25, -0.2) is 9.48 Å². The van der Waals surface area contributed by atoms with Crippen LogP contribution < -0.4 is 11.1 Å². The number of rotatable bonds is 5. The standard InChI is InChI=1S/C13H22N4O2/c1-4-8(2)17-11(14)10(13(18)19-3)12(16-17)15-9-6-5-7-9/h8-9H,4-7,14H2,1-3H3,(H,15,16). The molecule has 1 aromatic heterocycles. The molecule has 1 heterocycles. The van der Waals surface area contributed by atoms with Crippen LogP contribution in [0.4, 0.5) is 11.6 Å². The number of nitrogens with one attached hydrogen (secondary N) is 1. The summed E-state index contributed by atoms with van der Waals surface area (Å²) in [7, 11) is 1.36. The topological polar surface area (TPSA) is 82.2 Å². The smallest absolute Gasteiger partial charge is 0.345 e. The van der Waals surface area contributed by atoms with Crippen molar-refractivity contribution in [2.24, 2.45) is 0 Å². The Balaban J connectivity index is 2.35. The van der Waals surface area contributed by atoms with Gasteiger partial charge in [-0.2, -0.15) is 5.10 Å². The maximum atomic E-state index is 11.9. The summed E-state index contributed by atoms with van der Waals surface area (Å²) in [5.74, 6) is 0.492. The number of aromatic nitrogens is 2. The summed E-state index contributed by atoms with van der Waals surface area (Å²) in [6.07, 6.45) is 4.33. The Morgan fingerprint density at radius 2 is 2.32 bits per heavy atom. The van der Waals surface area contributed by atoms with Crippen LogP contribution in [-0.4, -0.2) is 28.9 Å². The average Bonchev–Trinajstić information content (AvgIpc) is 2.69. The van der Waals surface area contributed by atoms with Crippen molar-refractivity contribution in [3.63, 3.8) is 0 Å². The van der Waals surface area contributed by atoms with E-state index in [1.807, 2.05) is 6.92 Å². The molecular formula is C13H22N4O2. The number of carbonyl (C=O) groups is 1. The first kappa shape index (κ1) is 13.7. The fourth-order valence-electron chi connectivity index (χ4n) is 2.11. The molecule has 0 radical (unpaired) electrons. The maximum Gasteiger partial charge on any atom is 0.345 e. The molecule has 1 atom stereocenters. The highest BCUT2D eigenvalue weighted by molar-refractivity contribution is 5.99. The van der Waals surface area contributed by atoms with Crippen LogP contribution in [0.2, 0.25) is 0 Å². The monoisotopic (exact) mass is 266 g/mol. The Morgan fingerprint density at radius 1 is 1.63 bits per heavy atom. The molecule has 0 saturated heterocycles. The third-order valence-corrected chi connectivity index (χ3v) is 3.79. The van der Waals surface area contributed by atoms with Crippen molar-refractivity contribution >= 4 is 17.6 Å². The van der Waals surface area contributed by atoms with Crippen LogP contribution in [0.3, 0.4) is 0 Å². The summed E-state index contributed by atoms with van der Waals surface area (Å²) in [5, 5.41) is 7.74.